The molecule has 2 rings (SSSR count). The first-order valence-electron chi connectivity index (χ1n) is 8.11. The predicted octanol–water partition coefficient (Wildman–Crippen LogP) is 3.58. The minimum absolute atomic E-state index is 1.14. The first-order valence-corrected chi connectivity index (χ1v) is 9.52. The summed E-state index contributed by atoms with van der Waals surface area (Å²) in [5.41, 5.74) is -2.90. The zero-order chi connectivity index (χ0) is 19.1. The Morgan fingerprint density at radius 1 is 1.12 bits per heavy atom. The van der Waals surface area contributed by atoms with Gasteiger partial charge < -0.3 is 4.55 Å². The second-order valence-corrected chi connectivity index (χ2v) is 6.97. The molecule has 0 radical (unpaired) electrons. The summed E-state index contributed by atoms with van der Waals surface area (Å²) in [7, 11) is -6.09. The van der Waals surface area contributed by atoms with Gasteiger partial charge in [-0.1, -0.05) is 38.8 Å². The Balaban J connectivity index is 0.000000333. The molecule has 0 aliphatic carbocycles. The van der Waals surface area contributed by atoms with Crippen LogP contribution in [0.15, 0.2) is 30.6 Å². The third kappa shape index (κ3) is 6.32. The van der Waals surface area contributed by atoms with Crippen LogP contribution < -0.4 is 4.57 Å². The van der Waals surface area contributed by atoms with Crippen molar-refractivity contribution >= 4 is 21.2 Å². The molecule has 0 aliphatic heterocycles. The largest absolute Gasteiger partial charge is 0.741 e. The van der Waals surface area contributed by atoms with E-state index in [9.17, 15) is 13.2 Å². The maximum atomic E-state index is 10.7. The lowest BCUT2D eigenvalue weighted by Gasteiger charge is -2.08. The number of hydrogen-bond donors (Lipinski definition) is 0. The molecule has 0 N–H and O–H groups in total. The molecular weight excluding hydrogens is 357 g/mol. The Morgan fingerprint density at radius 3 is 2.20 bits per heavy atom. The van der Waals surface area contributed by atoms with Crippen LogP contribution >= 0.6 is 0 Å². The number of halogens is 3. The molecule has 1 aromatic carbocycles. The van der Waals surface area contributed by atoms with Gasteiger partial charge in [-0.15, -0.1) is 0 Å². The molecular formula is C16H23F3N2O3S. The number of para-hydroxylation sites is 2. The van der Waals surface area contributed by atoms with Gasteiger partial charge in [-0.2, -0.15) is 13.2 Å². The molecule has 25 heavy (non-hydrogen) atoms. The van der Waals surface area contributed by atoms with Crippen LogP contribution in [0.4, 0.5) is 13.2 Å². The molecule has 0 fully saturated rings. The Labute approximate surface area is 145 Å². The van der Waals surface area contributed by atoms with Crippen LogP contribution in [0.25, 0.3) is 11.0 Å². The van der Waals surface area contributed by atoms with Crippen molar-refractivity contribution in [1.29, 1.82) is 0 Å². The van der Waals surface area contributed by atoms with Crippen LogP contribution in [-0.2, 0) is 23.2 Å². The first kappa shape index (κ1) is 21.4. The number of aromatic nitrogens is 2. The van der Waals surface area contributed by atoms with Crippen LogP contribution in [0, 0.1) is 0 Å². The number of benzene rings is 1. The highest BCUT2D eigenvalue weighted by molar-refractivity contribution is 7.86. The highest BCUT2D eigenvalue weighted by Gasteiger charge is 2.36. The van der Waals surface area contributed by atoms with Crippen molar-refractivity contribution in [3.63, 3.8) is 0 Å². The predicted molar refractivity (Wildman–Crippen MR) is 87.7 cm³/mol. The number of fused-ring (bicyclic) bond motifs is 1. The quantitative estimate of drug-likeness (QED) is 0.437. The van der Waals surface area contributed by atoms with Crippen molar-refractivity contribution in [3.05, 3.63) is 30.6 Å². The maximum absolute atomic E-state index is 10.7. The van der Waals surface area contributed by atoms with Gasteiger partial charge in [-0.25, -0.2) is 17.6 Å². The molecule has 0 saturated carbocycles. The minimum Gasteiger partial charge on any atom is -0.741 e. The van der Waals surface area contributed by atoms with E-state index in [-0.39, 0.29) is 0 Å². The number of unbranched alkanes of at least 4 members (excludes halogenated alkanes) is 2. The molecule has 142 valence electrons. The van der Waals surface area contributed by atoms with Crippen molar-refractivity contribution < 1.29 is 30.7 Å². The first-order chi connectivity index (χ1) is 11.6. The number of rotatable bonds is 6. The standard InChI is InChI=1S/C15H23N2.CHF3O3S/c1-3-5-11-16-13-17(12-6-4-2)15-10-8-7-9-14(15)16;2-1(3,4)8(5,6)7/h7-10,13H,3-6,11-12H2,1-2H3;(H,5,6,7)/q+1;/p-1. The number of imidazole rings is 1. The monoisotopic (exact) mass is 380 g/mol. The summed E-state index contributed by atoms with van der Waals surface area (Å²) < 4.78 is 63.7. The normalized spacial score (nSPS) is 12.1. The van der Waals surface area contributed by atoms with Gasteiger partial charge in [0.05, 0.1) is 13.1 Å². The summed E-state index contributed by atoms with van der Waals surface area (Å²) in [4.78, 5) is 0. The summed E-state index contributed by atoms with van der Waals surface area (Å²) >= 11 is 0. The zero-order valence-electron chi connectivity index (χ0n) is 14.3. The van der Waals surface area contributed by atoms with E-state index in [1.807, 2.05) is 0 Å². The summed E-state index contributed by atoms with van der Waals surface area (Å²) in [6.45, 7) is 6.76. The molecule has 0 saturated heterocycles. The summed E-state index contributed by atoms with van der Waals surface area (Å²) in [6, 6.07) is 8.73. The summed E-state index contributed by atoms with van der Waals surface area (Å²) in [5, 5.41) is 0. The van der Waals surface area contributed by atoms with Gasteiger partial charge in [-0.3, -0.25) is 0 Å². The molecule has 0 aliphatic rings. The molecule has 0 unspecified atom stereocenters. The average molecular weight is 380 g/mol. The lowest BCUT2D eigenvalue weighted by molar-refractivity contribution is -0.672. The van der Waals surface area contributed by atoms with Gasteiger partial charge in [0.15, 0.2) is 21.2 Å². The second-order valence-electron chi connectivity index (χ2n) is 5.60. The van der Waals surface area contributed by atoms with Gasteiger partial charge in [-0.05, 0) is 25.0 Å². The van der Waals surface area contributed by atoms with Crippen molar-refractivity contribution in [3.8, 4) is 0 Å². The fourth-order valence-corrected chi connectivity index (χ4v) is 2.26. The van der Waals surface area contributed by atoms with Crippen LogP contribution in [-0.4, -0.2) is 23.0 Å². The number of aryl methyl sites for hydroxylation is 2. The van der Waals surface area contributed by atoms with Crippen LogP contribution in [0.5, 0.6) is 0 Å². The van der Waals surface area contributed by atoms with Crippen molar-refractivity contribution in [1.82, 2.24) is 4.57 Å². The van der Waals surface area contributed by atoms with E-state index in [0.717, 1.165) is 13.1 Å². The fraction of sp³-hybridized carbons (Fsp3) is 0.562. The van der Waals surface area contributed by atoms with Crippen LogP contribution in [0.2, 0.25) is 0 Å². The van der Waals surface area contributed by atoms with E-state index in [0.29, 0.717) is 0 Å². The SMILES string of the molecule is CCCCn1c[n+](CCCC)c2ccccc21.O=S(=O)([O-])C(F)(F)F. The molecule has 0 atom stereocenters. The molecule has 0 bridgehead atoms. The highest BCUT2D eigenvalue weighted by Crippen LogP contribution is 2.20. The molecule has 1 aromatic heterocycles. The summed E-state index contributed by atoms with van der Waals surface area (Å²) in [6.07, 6.45) is 7.30. The van der Waals surface area contributed by atoms with E-state index in [1.165, 1.54) is 36.7 Å². The van der Waals surface area contributed by atoms with Gasteiger partial charge in [0.1, 0.15) is 0 Å². The smallest absolute Gasteiger partial charge is 0.485 e. The van der Waals surface area contributed by atoms with Crippen molar-refractivity contribution in [2.75, 3.05) is 0 Å². The maximum Gasteiger partial charge on any atom is 0.485 e. The van der Waals surface area contributed by atoms with E-state index >= 15 is 0 Å². The fourth-order valence-electron chi connectivity index (χ4n) is 2.26. The third-order valence-corrected chi connectivity index (χ3v) is 4.13. The average Bonchev–Trinajstić information content (AvgIpc) is 2.88. The van der Waals surface area contributed by atoms with Gasteiger partial charge >= 0.3 is 5.51 Å². The van der Waals surface area contributed by atoms with Gasteiger partial charge in [0, 0.05) is 0 Å². The molecule has 0 spiro atoms. The van der Waals surface area contributed by atoms with Gasteiger partial charge in [0.25, 0.3) is 0 Å². The Kier molecular flexibility index (Phi) is 7.88. The number of hydrogen-bond acceptors (Lipinski definition) is 3. The highest BCUT2D eigenvalue weighted by atomic mass is 32.2. The Hall–Kier alpha value is -1.61. The second kappa shape index (κ2) is 9.19. The minimum atomic E-state index is -6.09. The molecule has 1 heterocycles. The lowest BCUT2D eigenvalue weighted by atomic mass is 10.3. The number of nitrogens with zero attached hydrogens (tertiary/aromatic N) is 2. The van der Waals surface area contributed by atoms with Crippen molar-refractivity contribution in [2.45, 2.75) is 58.1 Å². The third-order valence-electron chi connectivity index (χ3n) is 3.57. The zero-order valence-corrected chi connectivity index (χ0v) is 15.1. The molecule has 0 amide bonds. The molecule has 2 aromatic rings. The molecule has 9 heteroatoms. The Morgan fingerprint density at radius 2 is 1.68 bits per heavy atom. The Bertz CT molecular complexity index is 729. The van der Waals surface area contributed by atoms with Crippen LogP contribution in [0.3, 0.4) is 0 Å². The van der Waals surface area contributed by atoms with Gasteiger partial charge in [0.2, 0.25) is 6.33 Å². The molecule has 5 nitrogen and oxygen atoms in total. The van der Waals surface area contributed by atoms with Crippen LogP contribution in [0.1, 0.15) is 39.5 Å². The van der Waals surface area contributed by atoms with Crippen molar-refractivity contribution in [2.24, 2.45) is 0 Å². The topological polar surface area (TPSA) is 66.0 Å². The van der Waals surface area contributed by atoms with E-state index in [4.69, 9.17) is 13.0 Å². The summed E-state index contributed by atoms with van der Waals surface area (Å²) in [5.74, 6) is 0. The van der Waals surface area contributed by atoms with E-state index < -0.39 is 15.6 Å². The van der Waals surface area contributed by atoms with E-state index in [2.05, 4.69) is 53.6 Å². The van der Waals surface area contributed by atoms with E-state index in [1.54, 1.807) is 0 Å². The lowest BCUT2D eigenvalue weighted by Crippen LogP contribution is -2.32. The number of alkyl halides is 3.